The van der Waals surface area contributed by atoms with Crippen molar-refractivity contribution in [3.05, 3.63) is 71.1 Å². The molecular weight excluding hydrogens is 464 g/mol. The highest BCUT2D eigenvalue weighted by atomic mass is 79.9. The number of nitrogens with one attached hydrogen (secondary N) is 1. The van der Waals surface area contributed by atoms with Gasteiger partial charge in [0.2, 0.25) is 0 Å². The third kappa shape index (κ3) is 4.91. The first-order valence-electron chi connectivity index (χ1n) is 9.38. The summed E-state index contributed by atoms with van der Waals surface area (Å²) < 4.78 is 0. The van der Waals surface area contributed by atoms with Crippen LogP contribution in [-0.2, 0) is 5.33 Å². The lowest BCUT2D eigenvalue weighted by molar-refractivity contribution is 0.102. The lowest BCUT2D eigenvalue weighted by Crippen LogP contribution is -2.45. The predicted molar refractivity (Wildman–Crippen MR) is 127 cm³/mol. The van der Waals surface area contributed by atoms with Crippen molar-refractivity contribution in [3.8, 4) is 10.4 Å². The molecule has 0 saturated heterocycles. The van der Waals surface area contributed by atoms with Gasteiger partial charge in [0.25, 0.3) is 5.91 Å². The smallest absolute Gasteiger partial charge is 0.412 e. The van der Waals surface area contributed by atoms with E-state index in [0.717, 1.165) is 16.0 Å². The second kappa shape index (κ2) is 9.02. The minimum Gasteiger partial charge on any atom is -0.465 e. The minimum atomic E-state index is -1.08. The van der Waals surface area contributed by atoms with Gasteiger partial charge < -0.3 is 10.4 Å². The van der Waals surface area contributed by atoms with Crippen LogP contribution in [0.1, 0.15) is 36.7 Å². The first kappa shape index (κ1) is 22.1. The standard InChI is InChI=1S/C23H23BrN2O3S/c1-23(2,3)26(22(28)29)19-11-10-17(20-5-4-12-30-20)13-18(19)25-21(27)16-8-6-15(14-24)7-9-16/h4-13H,14H2,1-3H3,(H,25,27)(H,28,29). The van der Waals surface area contributed by atoms with Crippen LogP contribution in [-0.4, -0.2) is 22.6 Å². The van der Waals surface area contributed by atoms with E-state index in [-0.39, 0.29) is 5.91 Å². The third-order valence-electron chi connectivity index (χ3n) is 4.52. The molecule has 1 heterocycles. The molecule has 3 aromatic rings. The summed E-state index contributed by atoms with van der Waals surface area (Å²) in [7, 11) is 0. The molecule has 0 spiro atoms. The van der Waals surface area contributed by atoms with E-state index in [0.29, 0.717) is 22.3 Å². The number of hydrogen-bond acceptors (Lipinski definition) is 3. The van der Waals surface area contributed by atoms with Gasteiger partial charge in [-0.2, -0.15) is 0 Å². The lowest BCUT2D eigenvalue weighted by Gasteiger charge is -2.34. The molecule has 0 atom stereocenters. The number of anilines is 2. The Hall–Kier alpha value is -2.64. The number of halogens is 1. The second-order valence-corrected chi connectivity index (χ2v) is 9.29. The van der Waals surface area contributed by atoms with Crippen molar-refractivity contribution < 1.29 is 14.7 Å². The monoisotopic (exact) mass is 486 g/mol. The van der Waals surface area contributed by atoms with Gasteiger partial charge in [0, 0.05) is 21.3 Å². The van der Waals surface area contributed by atoms with Gasteiger partial charge >= 0.3 is 6.09 Å². The van der Waals surface area contributed by atoms with Gasteiger partial charge in [-0.3, -0.25) is 9.69 Å². The highest BCUT2D eigenvalue weighted by molar-refractivity contribution is 9.08. The van der Waals surface area contributed by atoms with E-state index in [1.54, 1.807) is 29.5 Å². The number of amides is 2. The molecule has 3 rings (SSSR count). The van der Waals surface area contributed by atoms with Crippen LogP contribution in [0.3, 0.4) is 0 Å². The first-order valence-corrected chi connectivity index (χ1v) is 11.4. The van der Waals surface area contributed by atoms with Crippen molar-refractivity contribution in [2.24, 2.45) is 0 Å². The summed E-state index contributed by atoms with van der Waals surface area (Å²) in [5, 5.41) is 15.5. The topological polar surface area (TPSA) is 69.6 Å². The van der Waals surface area contributed by atoms with Gasteiger partial charge in [-0.15, -0.1) is 11.3 Å². The molecule has 0 aliphatic rings. The highest BCUT2D eigenvalue weighted by Gasteiger charge is 2.30. The zero-order valence-corrected chi connectivity index (χ0v) is 19.4. The Bertz CT molecular complexity index is 1040. The molecule has 5 nitrogen and oxygen atoms in total. The average molecular weight is 487 g/mol. The molecular formula is C23H23BrN2O3S. The Kier molecular flexibility index (Phi) is 6.63. The molecule has 1 aromatic heterocycles. The number of benzene rings is 2. The first-order chi connectivity index (χ1) is 14.2. The van der Waals surface area contributed by atoms with E-state index in [1.165, 1.54) is 4.90 Å². The molecule has 156 valence electrons. The summed E-state index contributed by atoms with van der Waals surface area (Å²) in [5.74, 6) is -0.292. The van der Waals surface area contributed by atoms with E-state index in [2.05, 4.69) is 21.2 Å². The summed E-state index contributed by atoms with van der Waals surface area (Å²) in [6.45, 7) is 5.46. The fourth-order valence-corrected chi connectivity index (χ4v) is 4.22. The number of hydrogen-bond donors (Lipinski definition) is 2. The molecule has 7 heteroatoms. The fraction of sp³-hybridized carbons (Fsp3) is 0.217. The van der Waals surface area contributed by atoms with Crippen LogP contribution >= 0.6 is 27.3 Å². The summed E-state index contributed by atoms with van der Waals surface area (Å²) in [6.07, 6.45) is -1.08. The van der Waals surface area contributed by atoms with Gasteiger partial charge in [-0.05, 0) is 67.6 Å². The Labute approximate surface area is 188 Å². The van der Waals surface area contributed by atoms with Crippen molar-refractivity contribution in [1.82, 2.24) is 0 Å². The Balaban J connectivity index is 2.05. The molecule has 2 aromatic carbocycles. The van der Waals surface area contributed by atoms with Crippen LogP contribution in [0.4, 0.5) is 16.2 Å². The van der Waals surface area contributed by atoms with Crippen LogP contribution < -0.4 is 10.2 Å². The van der Waals surface area contributed by atoms with E-state index in [1.807, 2.05) is 62.5 Å². The largest absolute Gasteiger partial charge is 0.465 e. The number of alkyl halides is 1. The highest BCUT2D eigenvalue weighted by Crippen LogP contribution is 2.36. The lowest BCUT2D eigenvalue weighted by atomic mass is 10.0. The Morgan fingerprint density at radius 3 is 2.33 bits per heavy atom. The number of carboxylic acid groups (broad SMARTS) is 1. The van der Waals surface area contributed by atoms with Crippen LogP contribution in [0.15, 0.2) is 60.0 Å². The molecule has 0 radical (unpaired) electrons. The van der Waals surface area contributed by atoms with Gasteiger partial charge in [-0.1, -0.05) is 40.2 Å². The molecule has 0 aliphatic carbocycles. The minimum absolute atomic E-state index is 0.292. The van der Waals surface area contributed by atoms with Gasteiger partial charge in [0.15, 0.2) is 0 Å². The maximum Gasteiger partial charge on any atom is 0.412 e. The fourth-order valence-electron chi connectivity index (χ4n) is 3.12. The Morgan fingerprint density at radius 2 is 1.80 bits per heavy atom. The Morgan fingerprint density at radius 1 is 1.10 bits per heavy atom. The summed E-state index contributed by atoms with van der Waals surface area (Å²) in [5.41, 5.74) is 2.68. The normalized spacial score (nSPS) is 11.2. The van der Waals surface area contributed by atoms with Crippen LogP contribution in [0.5, 0.6) is 0 Å². The summed E-state index contributed by atoms with van der Waals surface area (Å²) in [4.78, 5) is 27.3. The molecule has 30 heavy (non-hydrogen) atoms. The second-order valence-electron chi connectivity index (χ2n) is 7.78. The third-order valence-corrected chi connectivity index (χ3v) is 6.09. The zero-order chi connectivity index (χ0) is 21.9. The number of rotatable bonds is 5. The average Bonchev–Trinajstić information content (AvgIpc) is 3.22. The number of thiophene rings is 1. The summed E-state index contributed by atoms with van der Waals surface area (Å²) >= 11 is 4.98. The predicted octanol–water partition coefficient (Wildman–Crippen LogP) is 6.85. The van der Waals surface area contributed by atoms with E-state index < -0.39 is 11.6 Å². The molecule has 0 unspecified atom stereocenters. The molecule has 0 saturated carbocycles. The van der Waals surface area contributed by atoms with Crippen molar-refractivity contribution in [2.75, 3.05) is 10.2 Å². The number of carbonyl (C=O) groups excluding carboxylic acids is 1. The quantitative estimate of drug-likeness (QED) is 0.387. The number of carbonyl (C=O) groups is 2. The molecule has 2 amide bonds. The van der Waals surface area contributed by atoms with Gasteiger partial charge in [-0.25, -0.2) is 4.79 Å². The van der Waals surface area contributed by atoms with Crippen LogP contribution in [0.2, 0.25) is 0 Å². The maximum absolute atomic E-state index is 12.9. The van der Waals surface area contributed by atoms with Crippen molar-refractivity contribution in [3.63, 3.8) is 0 Å². The summed E-state index contributed by atoms with van der Waals surface area (Å²) in [6, 6.07) is 16.7. The molecule has 0 bridgehead atoms. The van der Waals surface area contributed by atoms with Crippen LogP contribution in [0.25, 0.3) is 10.4 Å². The van der Waals surface area contributed by atoms with Gasteiger partial charge in [0.05, 0.1) is 11.4 Å². The van der Waals surface area contributed by atoms with Crippen molar-refractivity contribution in [2.45, 2.75) is 31.6 Å². The van der Waals surface area contributed by atoms with E-state index in [4.69, 9.17) is 0 Å². The van der Waals surface area contributed by atoms with E-state index >= 15 is 0 Å². The molecule has 0 fully saturated rings. The SMILES string of the molecule is CC(C)(C)N(C(=O)O)c1ccc(-c2cccs2)cc1NC(=O)c1ccc(CBr)cc1. The van der Waals surface area contributed by atoms with Crippen molar-refractivity contribution >= 4 is 50.6 Å². The molecule has 0 aliphatic heterocycles. The van der Waals surface area contributed by atoms with Crippen molar-refractivity contribution in [1.29, 1.82) is 0 Å². The maximum atomic E-state index is 12.9. The van der Waals surface area contributed by atoms with Crippen LogP contribution in [0, 0.1) is 0 Å². The molecule has 2 N–H and O–H groups in total. The zero-order valence-electron chi connectivity index (χ0n) is 17.0. The van der Waals surface area contributed by atoms with E-state index in [9.17, 15) is 14.7 Å². The number of nitrogens with zero attached hydrogens (tertiary/aromatic N) is 1. The van der Waals surface area contributed by atoms with Gasteiger partial charge in [0.1, 0.15) is 0 Å².